The maximum atomic E-state index is 13.9. The summed E-state index contributed by atoms with van der Waals surface area (Å²) in [7, 11) is 0. The number of urea groups is 4. The van der Waals surface area contributed by atoms with E-state index < -0.39 is 24.1 Å². The number of carbonyl (C=O) groups is 4. The topological polar surface area (TPSA) is 222 Å². The van der Waals surface area contributed by atoms with Crippen molar-refractivity contribution >= 4 is 116 Å². The van der Waals surface area contributed by atoms with Gasteiger partial charge in [-0.25, -0.2) is 29.1 Å². The molecule has 11 aromatic rings. The number of para-hydroxylation sites is 8. The predicted molar refractivity (Wildman–Crippen MR) is 357 cm³/mol. The van der Waals surface area contributed by atoms with Crippen LogP contribution in [0.15, 0.2) is 243 Å². The number of nitrogens with one attached hydrogen (secondary N) is 10. The second-order valence-corrected chi connectivity index (χ2v) is 20.5. The van der Waals surface area contributed by atoms with Crippen LogP contribution in [0.25, 0.3) is 90.9 Å². The van der Waals surface area contributed by atoms with E-state index in [0.717, 1.165) is 0 Å². The molecular formula is C72H54N12O4. The van der Waals surface area contributed by atoms with E-state index in [9.17, 15) is 19.2 Å². The molecular weight excluding hydrogens is 1100 g/mol. The van der Waals surface area contributed by atoms with Crippen LogP contribution in [-0.4, -0.2) is 44.1 Å². The Kier molecular flexibility index (Phi) is 15.4. The quantitative estimate of drug-likeness (QED) is 0.0573. The summed E-state index contributed by atoms with van der Waals surface area (Å²) in [4.78, 5) is 74.3. The third-order valence-electron chi connectivity index (χ3n) is 14.7. The summed E-state index contributed by atoms with van der Waals surface area (Å²) in [5, 5.41) is 24.3. The first kappa shape index (κ1) is 54.7. The lowest BCUT2D eigenvalue weighted by atomic mass is 10.0. The minimum Gasteiger partial charge on any atom is -0.354 e. The van der Waals surface area contributed by atoms with Crippen LogP contribution in [0.3, 0.4) is 0 Å². The summed E-state index contributed by atoms with van der Waals surface area (Å²) in [5.41, 5.74) is 14.3. The summed E-state index contributed by atoms with van der Waals surface area (Å²) in [6, 6.07) is 73.0. The van der Waals surface area contributed by atoms with Gasteiger partial charge in [0.2, 0.25) is 0 Å². The highest BCUT2D eigenvalue weighted by atomic mass is 16.2. The molecule has 0 spiro atoms. The third-order valence-corrected chi connectivity index (χ3v) is 14.7. The third kappa shape index (κ3) is 12.0. The van der Waals surface area contributed by atoms with Crippen molar-refractivity contribution in [2.24, 2.45) is 0 Å². The van der Waals surface area contributed by atoms with Gasteiger partial charge in [0, 0.05) is 89.3 Å². The molecule has 0 saturated carbocycles. The minimum atomic E-state index is -0.450. The standard InChI is InChI=1S/C72H54N12O4/c85-69(73-45-21-5-1-6-22-45)81-53-33-17-13-29-49(53)65-57-37-39-59(77-57)66(50-30-14-18-34-54(50)82-70(86)74-46-23-7-2-8-24-46)61-41-43-63(79-61)68(52-32-16-20-36-56(52)84-72(88)76-48-27-11-4-12-28-48)64-44-42-62(80-64)67(60-40-38-58(65)78-60)51-31-15-19-35-55(51)83-71(87)75-47-25-9-3-10-26-47/h1-44,77,80H,(H2,73,81,85)(H2,74,82,86)(H2,75,83,87)(H2,76,84,88). The zero-order valence-electron chi connectivity index (χ0n) is 46.9. The van der Waals surface area contributed by atoms with E-state index >= 15 is 0 Å². The lowest BCUT2D eigenvalue weighted by molar-refractivity contribution is 0.261. The zero-order chi connectivity index (χ0) is 59.8. The monoisotopic (exact) mass is 1150 g/mol. The van der Waals surface area contributed by atoms with Gasteiger partial charge < -0.3 is 52.5 Å². The Bertz CT molecular complexity index is 4130. The van der Waals surface area contributed by atoms with Crippen LogP contribution in [0.2, 0.25) is 0 Å². The minimum absolute atomic E-state index is 0.450. The van der Waals surface area contributed by atoms with Crippen LogP contribution >= 0.6 is 0 Å². The second kappa shape index (κ2) is 24.7. The number of hydrogen-bond donors (Lipinski definition) is 10. The number of nitrogens with zero attached hydrogens (tertiary/aromatic N) is 2. The molecule has 2 aliphatic rings. The van der Waals surface area contributed by atoms with E-state index in [1.54, 1.807) is 0 Å². The molecule has 8 amide bonds. The Balaban J connectivity index is 1.08. The van der Waals surface area contributed by atoms with Crippen molar-refractivity contribution in [2.75, 3.05) is 42.5 Å². The Morgan fingerprint density at radius 2 is 0.443 bits per heavy atom. The average Bonchev–Trinajstić information content (AvgIpc) is 1.98. The first-order valence-corrected chi connectivity index (χ1v) is 28.3. The van der Waals surface area contributed by atoms with Crippen molar-refractivity contribution in [3.8, 4) is 44.5 Å². The molecule has 0 saturated heterocycles. The number of fused-ring (bicyclic) bond motifs is 8. The van der Waals surface area contributed by atoms with Crippen LogP contribution in [0.5, 0.6) is 0 Å². The van der Waals surface area contributed by atoms with Crippen LogP contribution in [0.4, 0.5) is 64.7 Å². The van der Waals surface area contributed by atoms with E-state index in [4.69, 9.17) is 9.97 Å². The fourth-order valence-corrected chi connectivity index (χ4v) is 10.8. The SMILES string of the molecule is O=C(Nc1ccccc1)Nc1ccccc1-c1c2nc(c(-c3ccccc3NC(=O)Nc3ccccc3)c3ccc([nH]3)c(-c3ccccc3NC(=O)Nc3ccccc3)c3nc(c(-c4ccccc4NC(=O)Nc4ccccc4)c4ccc1[nH]4)C=C3)C=C2. The van der Waals surface area contributed by atoms with Crippen LogP contribution < -0.4 is 42.5 Å². The van der Waals surface area contributed by atoms with E-state index in [0.29, 0.717) is 135 Å². The molecule has 0 aliphatic carbocycles. The molecule has 5 heterocycles. The molecule has 8 bridgehead atoms. The molecule has 2 aliphatic heterocycles. The molecule has 0 atom stereocenters. The first-order chi connectivity index (χ1) is 43.2. The van der Waals surface area contributed by atoms with Gasteiger partial charge in [0.1, 0.15) is 0 Å². The van der Waals surface area contributed by atoms with Crippen molar-refractivity contribution < 1.29 is 19.2 Å². The number of rotatable bonds is 12. The number of anilines is 8. The molecule has 8 aromatic carbocycles. The van der Waals surface area contributed by atoms with Gasteiger partial charge >= 0.3 is 24.1 Å². The number of benzene rings is 8. The van der Waals surface area contributed by atoms with E-state index in [-0.39, 0.29) is 0 Å². The summed E-state index contributed by atoms with van der Waals surface area (Å²) >= 11 is 0. The summed E-state index contributed by atoms with van der Waals surface area (Å²) < 4.78 is 0. The molecule has 0 radical (unpaired) electrons. The number of amides is 8. The molecule has 0 unspecified atom stereocenters. The number of aromatic amines is 2. The molecule has 10 N–H and O–H groups in total. The maximum Gasteiger partial charge on any atom is 0.323 e. The first-order valence-electron chi connectivity index (χ1n) is 28.3. The van der Waals surface area contributed by atoms with Gasteiger partial charge in [-0.1, -0.05) is 146 Å². The van der Waals surface area contributed by atoms with Gasteiger partial charge in [-0.15, -0.1) is 0 Å². The maximum absolute atomic E-state index is 13.9. The van der Waals surface area contributed by atoms with Gasteiger partial charge in [0.05, 0.1) is 45.5 Å². The lowest BCUT2D eigenvalue weighted by Crippen LogP contribution is -2.19. The number of aromatic nitrogens is 4. The number of hydrogen-bond acceptors (Lipinski definition) is 6. The molecule has 13 rings (SSSR count). The normalized spacial score (nSPS) is 11.3. The van der Waals surface area contributed by atoms with Crippen molar-refractivity contribution in [3.63, 3.8) is 0 Å². The summed E-state index contributed by atoms with van der Waals surface area (Å²) in [6.07, 6.45) is 7.75. The molecule has 88 heavy (non-hydrogen) atoms. The predicted octanol–water partition coefficient (Wildman–Crippen LogP) is 17.9. The lowest BCUT2D eigenvalue weighted by Gasteiger charge is -2.14. The van der Waals surface area contributed by atoms with Crippen LogP contribution in [0.1, 0.15) is 22.8 Å². The molecule has 16 nitrogen and oxygen atoms in total. The smallest absolute Gasteiger partial charge is 0.323 e. The molecule has 3 aromatic heterocycles. The summed E-state index contributed by atoms with van der Waals surface area (Å²) in [5.74, 6) is 0. The Labute approximate surface area is 505 Å². The molecule has 16 heteroatoms. The van der Waals surface area contributed by atoms with Crippen LogP contribution in [-0.2, 0) is 0 Å². The highest BCUT2D eigenvalue weighted by molar-refractivity contribution is 6.10. The second-order valence-electron chi connectivity index (χ2n) is 20.5. The van der Waals surface area contributed by atoms with Crippen molar-refractivity contribution in [2.45, 2.75) is 0 Å². The van der Waals surface area contributed by atoms with Crippen molar-refractivity contribution in [1.82, 2.24) is 19.9 Å². The largest absolute Gasteiger partial charge is 0.354 e. The fourth-order valence-electron chi connectivity index (χ4n) is 10.8. The van der Waals surface area contributed by atoms with Gasteiger partial charge in [-0.3, -0.25) is 0 Å². The Morgan fingerprint density at radius 1 is 0.239 bits per heavy atom. The van der Waals surface area contributed by atoms with Gasteiger partial charge in [-0.05, 0) is 121 Å². The zero-order valence-corrected chi connectivity index (χ0v) is 46.9. The van der Waals surface area contributed by atoms with Gasteiger partial charge in [-0.2, -0.15) is 0 Å². The van der Waals surface area contributed by atoms with Crippen LogP contribution in [0, 0.1) is 0 Å². The number of H-pyrrole nitrogens is 2. The average molecular weight is 1150 g/mol. The fraction of sp³-hybridized carbons (Fsp3) is 0. The number of carbonyl (C=O) groups excluding carboxylic acids is 4. The highest BCUT2D eigenvalue weighted by Gasteiger charge is 2.24. The molecule has 0 fully saturated rings. The van der Waals surface area contributed by atoms with E-state index in [1.165, 1.54) is 0 Å². The van der Waals surface area contributed by atoms with Crippen molar-refractivity contribution in [3.05, 3.63) is 265 Å². The van der Waals surface area contributed by atoms with E-state index in [1.807, 2.05) is 267 Å². The van der Waals surface area contributed by atoms with Gasteiger partial charge in [0.15, 0.2) is 0 Å². The van der Waals surface area contributed by atoms with E-state index in [2.05, 4.69) is 52.5 Å². The Hall–Kier alpha value is -12.6. The summed E-state index contributed by atoms with van der Waals surface area (Å²) in [6.45, 7) is 0. The van der Waals surface area contributed by atoms with Gasteiger partial charge in [0.25, 0.3) is 0 Å². The molecule has 426 valence electrons. The van der Waals surface area contributed by atoms with Crippen molar-refractivity contribution in [1.29, 1.82) is 0 Å². The Morgan fingerprint density at radius 3 is 0.670 bits per heavy atom. The highest BCUT2D eigenvalue weighted by Crippen LogP contribution is 2.43.